The first-order valence-corrected chi connectivity index (χ1v) is 9.37. The largest absolute Gasteiger partial charge is 0.497 e. The number of nitrogens with one attached hydrogen (secondary N) is 1. The zero-order valence-electron chi connectivity index (χ0n) is 16.9. The van der Waals surface area contributed by atoms with Crippen molar-refractivity contribution in [2.75, 3.05) is 34.4 Å². The van der Waals surface area contributed by atoms with Crippen LogP contribution < -0.4 is 14.8 Å². The second-order valence-corrected chi connectivity index (χ2v) is 6.93. The summed E-state index contributed by atoms with van der Waals surface area (Å²) in [6.07, 6.45) is 1.62. The molecule has 1 atom stereocenters. The molecule has 2 aromatic rings. The average molecular weight is 402 g/mol. The number of hydrogen-bond donors (Lipinski definition) is 1. The molecule has 0 spiro atoms. The fourth-order valence-electron chi connectivity index (χ4n) is 3.33. The van der Waals surface area contributed by atoms with Gasteiger partial charge in [0.1, 0.15) is 11.5 Å². The van der Waals surface area contributed by atoms with Crippen molar-refractivity contribution < 1.29 is 23.6 Å². The number of hydrogen-bond acceptors (Lipinski definition) is 7. The van der Waals surface area contributed by atoms with Crippen molar-refractivity contribution in [1.29, 1.82) is 0 Å². The highest BCUT2D eigenvalue weighted by atomic mass is 16.5. The van der Waals surface area contributed by atoms with Gasteiger partial charge < -0.3 is 24.2 Å². The molecule has 0 radical (unpaired) electrons. The van der Waals surface area contributed by atoms with E-state index < -0.39 is 6.04 Å². The average Bonchev–Trinajstić information content (AvgIpc) is 3.23. The van der Waals surface area contributed by atoms with E-state index in [9.17, 15) is 9.59 Å². The van der Waals surface area contributed by atoms with E-state index in [2.05, 4.69) is 10.5 Å². The van der Waals surface area contributed by atoms with Crippen LogP contribution in [0.15, 0.2) is 35.0 Å². The molecule has 0 aliphatic carbocycles. The number of piperazine rings is 1. The lowest BCUT2D eigenvalue weighted by Gasteiger charge is -2.35. The second-order valence-electron chi connectivity index (χ2n) is 6.93. The van der Waals surface area contributed by atoms with Gasteiger partial charge in [0.25, 0.3) is 0 Å². The number of ether oxygens (including phenoxy) is 2. The molecule has 1 fully saturated rings. The molecule has 2 heterocycles. The molecule has 1 aromatic carbocycles. The van der Waals surface area contributed by atoms with Crippen LogP contribution in [-0.4, -0.2) is 67.2 Å². The fourth-order valence-corrected chi connectivity index (χ4v) is 3.33. The van der Waals surface area contributed by atoms with Crippen molar-refractivity contribution in [2.24, 2.45) is 0 Å². The predicted molar refractivity (Wildman–Crippen MR) is 104 cm³/mol. The van der Waals surface area contributed by atoms with E-state index in [4.69, 9.17) is 14.0 Å². The van der Waals surface area contributed by atoms with Crippen LogP contribution in [0.1, 0.15) is 17.7 Å². The first-order valence-electron chi connectivity index (χ1n) is 9.37. The van der Waals surface area contributed by atoms with Gasteiger partial charge in [-0.1, -0.05) is 5.16 Å². The smallest absolute Gasteiger partial charge is 0.237 e. The Hall–Kier alpha value is -3.07. The van der Waals surface area contributed by atoms with Gasteiger partial charge in [-0.05, 0) is 17.7 Å². The van der Waals surface area contributed by atoms with Gasteiger partial charge in [0.2, 0.25) is 11.8 Å². The summed E-state index contributed by atoms with van der Waals surface area (Å²) in [6, 6.07) is 6.77. The van der Waals surface area contributed by atoms with Gasteiger partial charge in [-0.3, -0.25) is 14.5 Å². The minimum atomic E-state index is -0.550. The Morgan fingerprint density at radius 1 is 1.31 bits per heavy atom. The molecular weight excluding hydrogens is 376 g/mol. The Labute approximate surface area is 169 Å². The molecule has 1 saturated heterocycles. The van der Waals surface area contributed by atoms with Gasteiger partial charge in [0.05, 0.1) is 39.4 Å². The zero-order valence-corrected chi connectivity index (χ0v) is 16.9. The van der Waals surface area contributed by atoms with Gasteiger partial charge in [0.15, 0.2) is 5.76 Å². The molecule has 2 amide bonds. The van der Waals surface area contributed by atoms with E-state index >= 15 is 0 Å². The van der Waals surface area contributed by atoms with Crippen LogP contribution in [0.3, 0.4) is 0 Å². The molecule has 9 nitrogen and oxygen atoms in total. The minimum absolute atomic E-state index is 0.0809. The normalized spacial score (nSPS) is 16.9. The van der Waals surface area contributed by atoms with Crippen molar-refractivity contribution in [3.05, 3.63) is 41.8 Å². The van der Waals surface area contributed by atoms with Gasteiger partial charge in [0, 0.05) is 38.8 Å². The van der Waals surface area contributed by atoms with Crippen molar-refractivity contribution in [3.8, 4) is 11.5 Å². The molecule has 1 aromatic heterocycles. The number of methoxy groups -OCH3 is 2. The SMILES string of the molecule is COc1cc(CN2CCNC(=O)[C@@H]2CC(=O)N(C)Cc2ccno2)cc(OC)c1. The molecule has 1 aliphatic heterocycles. The number of rotatable bonds is 8. The monoisotopic (exact) mass is 402 g/mol. The van der Waals surface area contributed by atoms with Gasteiger partial charge in [-0.15, -0.1) is 0 Å². The van der Waals surface area contributed by atoms with Crippen molar-refractivity contribution in [3.63, 3.8) is 0 Å². The molecule has 0 bridgehead atoms. The van der Waals surface area contributed by atoms with Crippen molar-refractivity contribution in [1.82, 2.24) is 20.3 Å². The highest BCUT2D eigenvalue weighted by Crippen LogP contribution is 2.25. The first kappa shape index (κ1) is 20.7. The molecule has 3 rings (SSSR count). The van der Waals surface area contributed by atoms with Crippen LogP contribution in [0.25, 0.3) is 0 Å². The topological polar surface area (TPSA) is 97.1 Å². The third kappa shape index (κ3) is 5.26. The molecule has 156 valence electrons. The third-order valence-electron chi connectivity index (χ3n) is 4.92. The summed E-state index contributed by atoms with van der Waals surface area (Å²) in [4.78, 5) is 28.8. The predicted octanol–water partition coefficient (Wildman–Crippen LogP) is 1.04. The quantitative estimate of drug-likeness (QED) is 0.705. The summed E-state index contributed by atoms with van der Waals surface area (Å²) in [5.41, 5.74) is 0.948. The Balaban J connectivity index is 1.70. The van der Waals surface area contributed by atoms with Crippen molar-refractivity contribution >= 4 is 11.8 Å². The number of benzene rings is 1. The zero-order chi connectivity index (χ0) is 20.8. The number of carbonyl (C=O) groups excluding carboxylic acids is 2. The molecular formula is C20H26N4O5. The lowest BCUT2D eigenvalue weighted by atomic mass is 10.1. The molecule has 0 saturated carbocycles. The third-order valence-corrected chi connectivity index (χ3v) is 4.92. The van der Waals surface area contributed by atoms with E-state index in [1.165, 1.54) is 11.1 Å². The molecule has 9 heteroatoms. The maximum atomic E-state index is 12.7. The highest BCUT2D eigenvalue weighted by Gasteiger charge is 2.32. The van der Waals surface area contributed by atoms with Gasteiger partial charge in [-0.25, -0.2) is 0 Å². The van der Waals surface area contributed by atoms with E-state index in [1.807, 2.05) is 17.0 Å². The lowest BCUT2D eigenvalue weighted by Crippen LogP contribution is -2.56. The first-order chi connectivity index (χ1) is 14.0. The summed E-state index contributed by atoms with van der Waals surface area (Å²) in [5.74, 6) is 1.67. The van der Waals surface area contributed by atoms with Crippen LogP contribution in [0, 0.1) is 0 Å². The van der Waals surface area contributed by atoms with E-state index in [0.29, 0.717) is 43.4 Å². The standard InChI is InChI=1S/C20H26N4O5/c1-23(13-15-4-5-22-29-15)19(25)11-18-20(26)21-6-7-24(18)12-14-8-16(27-2)10-17(9-14)28-3/h4-5,8-10,18H,6-7,11-13H2,1-3H3,(H,21,26)/t18-/m0/s1. The Morgan fingerprint density at radius 3 is 2.66 bits per heavy atom. The van der Waals surface area contributed by atoms with Crippen molar-refractivity contribution in [2.45, 2.75) is 25.6 Å². The fraction of sp³-hybridized carbons (Fsp3) is 0.450. The summed E-state index contributed by atoms with van der Waals surface area (Å²) < 4.78 is 15.7. The molecule has 29 heavy (non-hydrogen) atoms. The molecule has 1 N–H and O–H groups in total. The Kier molecular flexibility index (Phi) is 6.71. The summed E-state index contributed by atoms with van der Waals surface area (Å²) >= 11 is 0. The van der Waals surface area contributed by atoms with Crippen LogP contribution in [-0.2, 0) is 22.7 Å². The lowest BCUT2D eigenvalue weighted by molar-refractivity contribution is -0.138. The highest BCUT2D eigenvalue weighted by molar-refractivity contribution is 5.88. The van der Waals surface area contributed by atoms with Crippen LogP contribution >= 0.6 is 0 Å². The van der Waals surface area contributed by atoms with E-state index in [-0.39, 0.29) is 18.2 Å². The Morgan fingerprint density at radius 2 is 2.03 bits per heavy atom. The molecule has 1 aliphatic rings. The molecule has 0 unspecified atom stereocenters. The van der Waals surface area contributed by atoms with Crippen LogP contribution in [0.4, 0.5) is 0 Å². The van der Waals surface area contributed by atoms with E-state index in [0.717, 1.165) is 5.56 Å². The second kappa shape index (κ2) is 9.42. The summed E-state index contributed by atoms with van der Waals surface area (Å²) in [5, 5.41) is 6.50. The Bertz CT molecular complexity index is 817. The number of aromatic nitrogens is 1. The maximum absolute atomic E-state index is 12.7. The van der Waals surface area contributed by atoms with E-state index in [1.54, 1.807) is 33.4 Å². The summed E-state index contributed by atoms with van der Waals surface area (Å²) in [6.45, 7) is 2.00. The minimum Gasteiger partial charge on any atom is -0.497 e. The van der Waals surface area contributed by atoms with Crippen LogP contribution in [0.5, 0.6) is 11.5 Å². The number of amides is 2. The number of nitrogens with zero attached hydrogens (tertiary/aromatic N) is 3. The van der Waals surface area contributed by atoms with Gasteiger partial charge in [-0.2, -0.15) is 0 Å². The van der Waals surface area contributed by atoms with Gasteiger partial charge >= 0.3 is 0 Å². The maximum Gasteiger partial charge on any atom is 0.237 e. The van der Waals surface area contributed by atoms with Crippen LogP contribution in [0.2, 0.25) is 0 Å². The summed E-state index contributed by atoms with van der Waals surface area (Å²) in [7, 11) is 4.88. The number of carbonyl (C=O) groups is 2.